The van der Waals surface area contributed by atoms with E-state index in [1.165, 1.54) is 6.92 Å². The summed E-state index contributed by atoms with van der Waals surface area (Å²) in [6, 6.07) is 6.57. The molecule has 2 atom stereocenters. The average Bonchev–Trinajstić information content (AvgIpc) is 2.35. The van der Waals surface area contributed by atoms with Crippen molar-refractivity contribution < 1.29 is 14.7 Å². The highest BCUT2D eigenvalue weighted by Crippen LogP contribution is 2.25. The Morgan fingerprint density at radius 3 is 2.56 bits per heavy atom. The van der Waals surface area contributed by atoms with E-state index in [2.05, 4.69) is 5.32 Å². The number of carbonyl (C=O) groups is 2. The normalized spacial score (nSPS) is 13.7. The third kappa shape index (κ3) is 3.58. The van der Waals surface area contributed by atoms with E-state index in [0.29, 0.717) is 0 Å². The lowest BCUT2D eigenvalue weighted by Crippen LogP contribution is -2.30. The summed E-state index contributed by atoms with van der Waals surface area (Å²) < 4.78 is 0. The third-order valence-corrected chi connectivity index (χ3v) is 3.06. The molecule has 0 heterocycles. The zero-order valence-electron chi connectivity index (χ0n) is 10.9. The summed E-state index contributed by atoms with van der Waals surface area (Å²) in [5.74, 6) is -0.818. The molecule has 4 nitrogen and oxygen atoms in total. The number of amides is 1. The number of hydrogen-bond donors (Lipinski definition) is 2. The Morgan fingerprint density at radius 1 is 1.39 bits per heavy atom. The molecule has 0 aliphatic carbocycles. The molecule has 2 unspecified atom stereocenters. The quantitative estimate of drug-likeness (QED) is 0.843. The molecule has 1 rings (SSSR count). The number of benzene rings is 1. The number of carbonyl (C=O) groups excluding carboxylic acids is 1. The smallest absolute Gasteiger partial charge is 0.335 e. The van der Waals surface area contributed by atoms with Gasteiger partial charge in [0, 0.05) is 6.92 Å². The maximum absolute atomic E-state index is 11.2. The first-order valence-corrected chi connectivity index (χ1v) is 6.06. The molecule has 0 radical (unpaired) electrons. The van der Waals surface area contributed by atoms with Crippen LogP contribution in [0.2, 0.25) is 0 Å². The second-order valence-electron chi connectivity index (χ2n) is 4.49. The molecule has 0 fully saturated rings. The standard InChI is InChI=1S/C14H19NO3/c1-4-9(2)13(15-10(3)16)11-6-5-7-12(8-11)14(17)18/h5-9,13H,4H2,1-3H3,(H,15,16)(H,17,18). The molecular weight excluding hydrogens is 230 g/mol. The van der Waals surface area contributed by atoms with Gasteiger partial charge in [-0.1, -0.05) is 32.4 Å². The van der Waals surface area contributed by atoms with Crippen molar-refractivity contribution in [2.75, 3.05) is 0 Å². The van der Waals surface area contributed by atoms with Crippen molar-refractivity contribution in [3.63, 3.8) is 0 Å². The van der Waals surface area contributed by atoms with E-state index >= 15 is 0 Å². The van der Waals surface area contributed by atoms with Crippen LogP contribution < -0.4 is 5.32 Å². The molecule has 0 aliphatic heterocycles. The summed E-state index contributed by atoms with van der Waals surface area (Å²) in [4.78, 5) is 22.2. The molecule has 0 bridgehead atoms. The second-order valence-corrected chi connectivity index (χ2v) is 4.49. The summed E-state index contributed by atoms with van der Waals surface area (Å²) in [7, 11) is 0. The maximum atomic E-state index is 11.2. The van der Waals surface area contributed by atoms with Crippen LogP contribution in [0.5, 0.6) is 0 Å². The number of hydrogen-bond acceptors (Lipinski definition) is 2. The highest BCUT2D eigenvalue weighted by molar-refractivity contribution is 5.87. The molecule has 98 valence electrons. The highest BCUT2D eigenvalue weighted by atomic mass is 16.4. The topological polar surface area (TPSA) is 66.4 Å². The van der Waals surface area contributed by atoms with Crippen LogP contribution in [-0.4, -0.2) is 17.0 Å². The minimum absolute atomic E-state index is 0.110. The van der Waals surface area contributed by atoms with Crippen molar-refractivity contribution in [3.8, 4) is 0 Å². The largest absolute Gasteiger partial charge is 0.478 e. The van der Waals surface area contributed by atoms with E-state index in [1.807, 2.05) is 19.9 Å². The zero-order chi connectivity index (χ0) is 13.7. The monoisotopic (exact) mass is 249 g/mol. The van der Waals surface area contributed by atoms with Crippen molar-refractivity contribution in [2.45, 2.75) is 33.2 Å². The van der Waals surface area contributed by atoms with Gasteiger partial charge in [-0.3, -0.25) is 4.79 Å². The third-order valence-electron chi connectivity index (χ3n) is 3.06. The van der Waals surface area contributed by atoms with Crippen LogP contribution in [-0.2, 0) is 4.79 Å². The Kier molecular flexibility index (Phi) is 4.89. The maximum Gasteiger partial charge on any atom is 0.335 e. The fraction of sp³-hybridized carbons (Fsp3) is 0.429. The lowest BCUT2D eigenvalue weighted by atomic mass is 9.91. The molecule has 0 spiro atoms. The second kappa shape index (κ2) is 6.19. The number of rotatable bonds is 5. The van der Waals surface area contributed by atoms with Crippen molar-refractivity contribution in [1.29, 1.82) is 0 Å². The summed E-state index contributed by atoms with van der Waals surface area (Å²) in [6.07, 6.45) is 0.905. The van der Waals surface area contributed by atoms with Gasteiger partial charge in [-0.2, -0.15) is 0 Å². The van der Waals surface area contributed by atoms with Gasteiger partial charge in [-0.05, 0) is 23.6 Å². The number of carboxylic acid groups (broad SMARTS) is 1. The van der Waals surface area contributed by atoms with Crippen molar-refractivity contribution >= 4 is 11.9 Å². The van der Waals surface area contributed by atoms with Gasteiger partial charge >= 0.3 is 5.97 Å². The van der Waals surface area contributed by atoms with Crippen molar-refractivity contribution in [1.82, 2.24) is 5.32 Å². The molecule has 1 aromatic carbocycles. The molecule has 1 amide bonds. The Hall–Kier alpha value is -1.84. The van der Waals surface area contributed by atoms with Crippen LogP contribution in [0.3, 0.4) is 0 Å². The fourth-order valence-corrected chi connectivity index (χ4v) is 1.87. The number of aromatic carboxylic acids is 1. The predicted molar refractivity (Wildman–Crippen MR) is 69.4 cm³/mol. The van der Waals surface area contributed by atoms with Crippen molar-refractivity contribution in [3.05, 3.63) is 35.4 Å². The first-order chi connectivity index (χ1) is 8.45. The average molecular weight is 249 g/mol. The van der Waals surface area contributed by atoms with Crippen LogP contribution in [0, 0.1) is 5.92 Å². The summed E-state index contributed by atoms with van der Waals surface area (Å²) in [6.45, 7) is 5.55. The predicted octanol–water partition coefficient (Wildman–Crippen LogP) is 2.61. The SMILES string of the molecule is CCC(C)C(NC(C)=O)c1cccc(C(=O)O)c1. The van der Waals surface area contributed by atoms with E-state index in [1.54, 1.807) is 18.2 Å². The van der Waals surface area contributed by atoms with Crippen LogP contribution in [0.15, 0.2) is 24.3 Å². The Bertz CT molecular complexity index is 442. The van der Waals surface area contributed by atoms with E-state index < -0.39 is 5.97 Å². The van der Waals surface area contributed by atoms with Gasteiger partial charge in [0.05, 0.1) is 11.6 Å². The molecule has 2 N–H and O–H groups in total. The fourth-order valence-electron chi connectivity index (χ4n) is 1.87. The zero-order valence-corrected chi connectivity index (χ0v) is 10.9. The van der Waals surface area contributed by atoms with E-state index in [-0.39, 0.29) is 23.4 Å². The van der Waals surface area contributed by atoms with E-state index in [4.69, 9.17) is 5.11 Å². The molecule has 0 saturated carbocycles. The molecule has 18 heavy (non-hydrogen) atoms. The minimum atomic E-state index is -0.956. The minimum Gasteiger partial charge on any atom is -0.478 e. The van der Waals surface area contributed by atoms with Crippen molar-refractivity contribution in [2.24, 2.45) is 5.92 Å². The number of nitrogens with one attached hydrogen (secondary N) is 1. The van der Waals surface area contributed by atoms with E-state index in [0.717, 1.165) is 12.0 Å². The first kappa shape index (κ1) is 14.2. The van der Waals surface area contributed by atoms with Gasteiger partial charge in [0.25, 0.3) is 0 Å². The first-order valence-electron chi connectivity index (χ1n) is 6.06. The Balaban J connectivity index is 3.07. The van der Waals surface area contributed by atoms with Gasteiger partial charge in [0.1, 0.15) is 0 Å². The van der Waals surface area contributed by atoms with Crippen LogP contribution >= 0.6 is 0 Å². The van der Waals surface area contributed by atoms with Crippen LogP contribution in [0.25, 0.3) is 0 Å². The summed E-state index contributed by atoms with van der Waals surface area (Å²) in [5, 5.41) is 11.9. The van der Waals surface area contributed by atoms with Gasteiger partial charge < -0.3 is 10.4 Å². The molecule has 4 heteroatoms. The lowest BCUT2D eigenvalue weighted by molar-refractivity contribution is -0.120. The van der Waals surface area contributed by atoms with Gasteiger partial charge in [0.2, 0.25) is 5.91 Å². The highest BCUT2D eigenvalue weighted by Gasteiger charge is 2.19. The molecular formula is C14H19NO3. The van der Waals surface area contributed by atoms with Gasteiger partial charge in [-0.25, -0.2) is 4.79 Å². The van der Waals surface area contributed by atoms with Gasteiger partial charge in [0.15, 0.2) is 0 Å². The molecule has 1 aromatic rings. The summed E-state index contributed by atoms with van der Waals surface area (Å²) in [5.41, 5.74) is 1.07. The molecule has 0 aromatic heterocycles. The Labute approximate surface area is 107 Å². The molecule has 0 aliphatic rings. The summed E-state index contributed by atoms with van der Waals surface area (Å²) >= 11 is 0. The lowest BCUT2D eigenvalue weighted by Gasteiger charge is -2.24. The Morgan fingerprint density at radius 2 is 2.06 bits per heavy atom. The van der Waals surface area contributed by atoms with Crippen LogP contribution in [0.4, 0.5) is 0 Å². The van der Waals surface area contributed by atoms with Gasteiger partial charge in [-0.15, -0.1) is 0 Å². The number of carboxylic acids is 1. The molecule has 0 saturated heterocycles. The van der Waals surface area contributed by atoms with Crippen LogP contribution in [0.1, 0.15) is 49.2 Å². The van der Waals surface area contributed by atoms with E-state index in [9.17, 15) is 9.59 Å².